The van der Waals surface area contributed by atoms with Crippen LogP contribution in [0, 0.1) is 6.92 Å². The summed E-state index contributed by atoms with van der Waals surface area (Å²) < 4.78 is 0. The largest absolute Gasteiger partial charge is 0.369 e. The minimum atomic E-state index is -0.461. The summed E-state index contributed by atoms with van der Waals surface area (Å²) in [7, 11) is 2.19. The second-order valence-corrected chi connectivity index (χ2v) is 10.0. The third kappa shape index (κ3) is 4.39. The van der Waals surface area contributed by atoms with Gasteiger partial charge >= 0.3 is 0 Å². The average molecular weight is 472 g/mol. The van der Waals surface area contributed by atoms with E-state index >= 15 is 0 Å². The summed E-state index contributed by atoms with van der Waals surface area (Å²) in [6.45, 7) is 14.8. The topological polar surface area (TPSA) is 73.0 Å². The number of aryl methyl sites for hydroxylation is 3. The molecule has 5 rings (SSSR count). The molecule has 2 aliphatic rings. The summed E-state index contributed by atoms with van der Waals surface area (Å²) >= 11 is 0. The van der Waals surface area contributed by atoms with Crippen molar-refractivity contribution in [3.05, 3.63) is 82.2 Å². The molecule has 0 spiro atoms. The van der Waals surface area contributed by atoms with Gasteiger partial charge in [0.15, 0.2) is 5.82 Å². The molecule has 1 atom stereocenters. The van der Waals surface area contributed by atoms with Crippen molar-refractivity contribution in [2.75, 3.05) is 46.3 Å². The predicted octanol–water partition coefficient (Wildman–Crippen LogP) is 3.16. The molecule has 7 heteroatoms. The van der Waals surface area contributed by atoms with E-state index in [0.717, 1.165) is 70.1 Å². The number of fused-ring (bicyclic) bond motifs is 2. The van der Waals surface area contributed by atoms with Crippen LogP contribution < -0.4 is 5.32 Å². The van der Waals surface area contributed by atoms with E-state index in [0.29, 0.717) is 0 Å². The van der Waals surface area contributed by atoms with Crippen LogP contribution in [0.1, 0.15) is 52.5 Å². The number of likely N-dealkylation sites (N-methyl/N-ethyl adjacent to an activating group) is 1. The van der Waals surface area contributed by atoms with Crippen LogP contribution in [0.3, 0.4) is 0 Å². The van der Waals surface area contributed by atoms with Crippen molar-refractivity contribution < 1.29 is 0 Å². The quantitative estimate of drug-likeness (QED) is 0.516. The van der Waals surface area contributed by atoms with Gasteiger partial charge in [0.05, 0.1) is 5.41 Å². The molecule has 1 aromatic heterocycles. The molecule has 0 bridgehead atoms. The lowest BCUT2D eigenvalue weighted by atomic mass is 9.69. The Balaban J connectivity index is 1.63. The fourth-order valence-electron chi connectivity index (χ4n) is 5.83. The first kappa shape index (κ1) is 23.7. The molecule has 0 amide bonds. The average Bonchev–Trinajstić information content (AvgIpc) is 3.37. The summed E-state index contributed by atoms with van der Waals surface area (Å²) in [5, 5.41) is 19.4. The fourth-order valence-corrected chi connectivity index (χ4v) is 5.83. The van der Waals surface area contributed by atoms with E-state index in [-0.39, 0.29) is 0 Å². The lowest BCUT2D eigenvalue weighted by Gasteiger charge is -2.36. The maximum absolute atomic E-state index is 4.59. The van der Waals surface area contributed by atoms with Gasteiger partial charge in [0.1, 0.15) is 0 Å². The molecule has 184 valence electrons. The lowest BCUT2D eigenvalue weighted by molar-refractivity contribution is 0.207. The molecule has 1 aliphatic heterocycles. The Morgan fingerprint density at radius 1 is 1.06 bits per heavy atom. The maximum atomic E-state index is 4.59. The van der Waals surface area contributed by atoms with Crippen molar-refractivity contribution in [3.63, 3.8) is 0 Å². The van der Waals surface area contributed by atoms with Gasteiger partial charge in [-0.25, -0.2) is 0 Å². The number of tetrazole rings is 1. The third-order valence-electron chi connectivity index (χ3n) is 7.82. The van der Waals surface area contributed by atoms with E-state index in [4.69, 9.17) is 0 Å². The molecule has 1 aliphatic carbocycles. The molecular weight excluding hydrogens is 434 g/mol. The summed E-state index contributed by atoms with van der Waals surface area (Å²) in [6.07, 6.45) is 2.84. The Bertz CT molecular complexity index is 1180. The third-order valence-corrected chi connectivity index (χ3v) is 7.82. The molecule has 1 saturated heterocycles. The summed E-state index contributed by atoms with van der Waals surface area (Å²) in [6, 6.07) is 13.8. The first-order valence-corrected chi connectivity index (χ1v) is 12.8. The highest BCUT2D eigenvalue weighted by Gasteiger charge is 2.44. The molecule has 2 heterocycles. The Hall–Kier alpha value is -3.03. The van der Waals surface area contributed by atoms with E-state index in [1.165, 1.54) is 33.4 Å². The highest BCUT2D eigenvalue weighted by atomic mass is 15.5. The number of hydrogen-bond acceptors (Lipinski definition) is 6. The van der Waals surface area contributed by atoms with Crippen molar-refractivity contribution in [2.24, 2.45) is 0 Å². The first-order valence-electron chi connectivity index (χ1n) is 12.8. The van der Waals surface area contributed by atoms with Crippen molar-refractivity contribution in [1.29, 1.82) is 0 Å². The van der Waals surface area contributed by atoms with Crippen LogP contribution in [0.15, 0.2) is 43.0 Å². The molecule has 1 fully saturated rings. The molecule has 2 N–H and O–H groups in total. The minimum Gasteiger partial charge on any atom is -0.369 e. The molecule has 0 radical (unpaired) electrons. The molecular formula is C28H37N7. The minimum absolute atomic E-state index is 0.461. The monoisotopic (exact) mass is 471 g/mol. The standard InChI is InChI=1S/C28H37N7/c1-5-29-13-12-28(27-30-32-33-31-27)25-10-6-20(2)18-23(25)7-8-24-19-22(9-11-26(24)28)21(3)35-16-14-34(4)15-17-35/h6,9-11,18-19,29H,3,5,7-8,12-17H2,1-2,4H3,(H,30,31,32,33). The van der Waals surface area contributed by atoms with Crippen LogP contribution in [-0.4, -0.2) is 76.7 Å². The molecule has 0 saturated carbocycles. The van der Waals surface area contributed by atoms with E-state index in [1.807, 2.05) is 0 Å². The second-order valence-electron chi connectivity index (χ2n) is 10.0. The van der Waals surface area contributed by atoms with Gasteiger partial charge in [-0.3, -0.25) is 0 Å². The van der Waals surface area contributed by atoms with Gasteiger partial charge in [-0.1, -0.05) is 54.6 Å². The van der Waals surface area contributed by atoms with Gasteiger partial charge in [0, 0.05) is 31.9 Å². The molecule has 2 aromatic carbocycles. The van der Waals surface area contributed by atoms with Crippen molar-refractivity contribution in [3.8, 4) is 0 Å². The van der Waals surface area contributed by atoms with Gasteiger partial charge in [-0.2, -0.15) is 5.21 Å². The van der Waals surface area contributed by atoms with Crippen LogP contribution in [0.4, 0.5) is 0 Å². The summed E-state index contributed by atoms with van der Waals surface area (Å²) in [5.41, 5.74) is 8.47. The zero-order chi connectivity index (χ0) is 24.4. The molecule has 1 unspecified atom stereocenters. The fraction of sp³-hybridized carbons (Fsp3) is 0.464. The maximum Gasteiger partial charge on any atom is 0.189 e. The summed E-state index contributed by atoms with van der Waals surface area (Å²) in [5.74, 6) is 0.745. The number of rotatable bonds is 7. The van der Waals surface area contributed by atoms with Crippen molar-refractivity contribution in [2.45, 2.75) is 38.5 Å². The first-order chi connectivity index (χ1) is 17.0. The van der Waals surface area contributed by atoms with E-state index in [2.05, 4.69) is 99.6 Å². The number of H-pyrrole nitrogens is 1. The van der Waals surface area contributed by atoms with Crippen LogP contribution in [0.25, 0.3) is 5.70 Å². The Kier molecular flexibility index (Phi) is 6.71. The summed E-state index contributed by atoms with van der Waals surface area (Å²) in [4.78, 5) is 4.80. The number of piperazine rings is 1. The van der Waals surface area contributed by atoms with Crippen molar-refractivity contribution in [1.82, 2.24) is 35.7 Å². The van der Waals surface area contributed by atoms with Gasteiger partial charge < -0.3 is 15.1 Å². The van der Waals surface area contributed by atoms with Gasteiger partial charge in [0.25, 0.3) is 0 Å². The Labute approximate surface area is 208 Å². The van der Waals surface area contributed by atoms with Crippen LogP contribution in [-0.2, 0) is 18.3 Å². The second kappa shape index (κ2) is 9.91. The highest BCUT2D eigenvalue weighted by molar-refractivity contribution is 5.65. The Morgan fingerprint density at radius 2 is 1.77 bits per heavy atom. The zero-order valence-corrected chi connectivity index (χ0v) is 21.3. The number of aromatic nitrogens is 4. The van der Waals surface area contributed by atoms with Crippen LogP contribution >= 0.6 is 0 Å². The van der Waals surface area contributed by atoms with Gasteiger partial charge in [-0.15, -0.1) is 10.2 Å². The van der Waals surface area contributed by atoms with E-state index in [9.17, 15) is 0 Å². The zero-order valence-electron chi connectivity index (χ0n) is 21.3. The number of hydrogen-bond donors (Lipinski definition) is 2. The van der Waals surface area contributed by atoms with Crippen LogP contribution in [0.5, 0.6) is 0 Å². The van der Waals surface area contributed by atoms with Crippen molar-refractivity contribution >= 4 is 5.70 Å². The Morgan fingerprint density at radius 3 is 2.46 bits per heavy atom. The van der Waals surface area contributed by atoms with Gasteiger partial charge in [0.2, 0.25) is 0 Å². The molecule has 35 heavy (non-hydrogen) atoms. The smallest absolute Gasteiger partial charge is 0.189 e. The van der Waals surface area contributed by atoms with Crippen LogP contribution in [0.2, 0.25) is 0 Å². The van der Waals surface area contributed by atoms with Gasteiger partial charge in [-0.05, 0) is 80.2 Å². The number of benzene rings is 2. The number of aromatic amines is 1. The lowest BCUT2D eigenvalue weighted by Crippen LogP contribution is -2.43. The molecule has 7 nitrogen and oxygen atoms in total. The highest BCUT2D eigenvalue weighted by Crippen LogP contribution is 2.46. The molecule has 3 aromatic rings. The normalized spacial score (nSPS) is 20.3. The predicted molar refractivity (Wildman–Crippen MR) is 140 cm³/mol. The van der Waals surface area contributed by atoms with E-state index < -0.39 is 5.41 Å². The number of nitrogens with zero attached hydrogens (tertiary/aromatic N) is 5. The number of nitrogens with one attached hydrogen (secondary N) is 2. The SMILES string of the molecule is C=C(c1ccc2c(c1)CCc1cc(C)ccc1C2(CCNCC)c1nn[nH]n1)N1CCN(C)CC1. The van der Waals surface area contributed by atoms with E-state index in [1.54, 1.807) is 0 Å².